The van der Waals surface area contributed by atoms with Crippen molar-refractivity contribution in [3.63, 3.8) is 0 Å². The van der Waals surface area contributed by atoms with E-state index in [1.54, 1.807) is 51.9 Å². The summed E-state index contributed by atoms with van der Waals surface area (Å²) < 4.78 is 32.0. The summed E-state index contributed by atoms with van der Waals surface area (Å²) in [4.78, 5) is 23.6. The lowest BCUT2D eigenvalue weighted by atomic mass is 9.84. The number of esters is 1. The molecule has 1 aliphatic rings. The van der Waals surface area contributed by atoms with E-state index in [4.69, 9.17) is 50.4 Å². The van der Waals surface area contributed by atoms with Crippen molar-refractivity contribution in [2.24, 2.45) is 10.5 Å². The van der Waals surface area contributed by atoms with E-state index >= 15 is 0 Å². The topological polar surface area (TPSA) is 105 Å². The van der Waals surface area contributed by atoms with Crippen molar-refractivity contribution in [1.29, 1.82) is 0 Å². The van der Waals surface area contributed by atoms with E-state index in [-0.39, 0.29) is 5.41 Å². The number of halogens is 1. The number of anilines is 2. The summed E-state index contributed by atoms with van der Waals surface area (Å²) in [6.07, 6.45) is 6.85. The number of thiazole rings is 2. The van der Waals surface area contributed by atoms with E-state index in [0.29, 0.717) is 51.3 Å². The number of aromatic nitrogens is 2. The zero-order valence-corrected chi connectivity index (χ0v) is 41.1. The van der Waals surface area contributed by atoms with Crippen LogP contribution in [0.1, 0.15) is 60.5 Å². The van der Waals surface area contributed by atoms with Crippen molar-refractivity contribution < 1.29 is 28.5 Å². The van der Waals surface area contributed by atoms with Gasteiger partial charge in [-0.15, -0.1) is 0 Å². The van der Waals surface area contributed by atoms with Crippen LogP contribution in [0.2, 0.25) is 5.02 Å². The molecule has 2 aromatic heterocycles. The van der Waals surface area contributed by atoms with Crippen molar-refractivity contribution in [3.05, 3.63) is 173 Å². The van der Waals surface area contributed by atoms with Crippen LogP contribution in [0.3, 0.4) is 0 Å². The third-order valence-corrected chi connectivity index (χ3v) is 14.8. The number of hydrogen-bond donors (Lipinski definition) is 0. The summed E-state index contributed by atoms with van der Waals surface area (Å²) in [5, 5.41) is 10.3. The first-order valence-electron chi connectivity index (χ1n) is 23.6. The number of carbonyl (C=O) groups excluding carboxylic acids is 1. The molecule has 1 saturated heterocycles. The monoisotopic (exact) mass is 986 g/mol. The highest BCUT2D eigenvalue weighted by atomic mass is 35.5. The average molecular weight is 988 g/mol. The molecular formula is C57H51ClN4O6S2. The van der Waals surface area contributed by atoms with Gasteiger partial charge in [-0.1, -0.05) is 139 Å². The third kappa shape index (κ3) is 11.0. The average Bonchev–Trinajstić information content (AvgIpc) is 4.02. The minimum atomic E-state index is -0.522. The summed E-state index contributed by atoms with van der Waals surface area (Å²) in [5.41, 5.74) is 6.40. The Balaban J connectivity index is 0.855. The Bertz CT molecular complexity index is 3120. The predicted molar refractivity (Wildman–Crippen MR) is 284 cm³/mol. The second kappa shape index (κ2) is 22.0. The van der Waals surface area contributed by atoms with Crippen molar-refractivity contribution in [2.75, 3.05) is 38.0 Å². The highest BCUT2D eigenvalue weighted by Crippen LogP contribution is 2.39. The van der Waals surface area contributed by atoms with Gasteiger partial charge in [-0.3, -0.25) is 0 Å². The van der Waals surface area contributed by atoms with E-state index in [1.165, 1.54) is 0 Å². The molecule has 0 saturated carbocycles. The van der Waals surface area contributed by atoms with Gasteiger partial charge >= 0.3 is 5.97 Å². The lowest BCUT2D eigenvalue weighted by molar-refractivity contribution is -0.150. The molecule has 1 aliphatic heterocycles. The Kier molecular flexibility index (Phi) is 14.8. The molecule has 1 fully saturated rings. The van der Waals surface area contributed by atoms with Gasteiger partial charge in [0.2, 0.25) is 10.3 Å². The van der Waals surface area contributed by atoms with E-state index in [0.717, 1.165) is 112 Å². The number of unbranched alkanes of at least 4 members (excludes halogenated alkanes) is 3. The molecule has 354 valence electrons. The molecular weight excluding hydrogens is 936 g/mol. The van der Waals surface area contributed by atoms with Crippen LogP contribution in [0.15, 0.2) is 157 Å². The lowest BCUT2D eigenvalue weighted by Gasteiger charge is -2.40. The molecule has 13 heteroatoms. The third-order valence-electron chi connectivity index (χ3n) is 12.5. The standard InChI is InChI=1S/C57H51ClN4O6S2/c1-2-57(37-65-38-57)36-64-30-12-3-4-13-31-66-50-28-25-42-32-43(54(63)68-44-26-29-51(47(58)33-44)67-35-39-20-22-41(23-21-39)40-14-6-5-7-15-40)24-27-45(42)46(50)34-59-62(55-60-48-16-8-10-18-52(48)69-55)56-61-49-17-9-11-19-53(49)70-56/h5-11,14-29,32-34H,2-4,12-13,30-31,35-38H2,1H3/b59-34+. The zero-order chi connectivity index (χ0) is 47.7. The minimum absolute atomic E-state index is 0.205. The molecule has 7 aromatic carbocycles. The Hall–Kier alpha value is -6.67. The van der Waals surface area contributed by atoms with Crippen LogP contribution < -0.4 is 19.2 Å². The maximum Gasteiger partial charge on any atom is 0.343 e. The molecule has 0 aliphatic carbocycles. The van der Waals surface area contributed by atoms with Crippen LogP contribution in [-0.4, -0.2) is 55.2 Å². The first-order chi connectivity index (χ1) is 34.4. The maximum atomic E-state index is 13.7. The molecule has 0 atom stereocenters. The molecule has 70 heavy (non-hydrogen) atoms. The van der Waals surface area contributed by atoms with Crippen molar-refractivity contribution in [1.82, 2.24) is 9.97 Å². The molecule has 0 spiro atoms. The van der Waals surface area contributed by atoms with Crippen LogP contribution in [0.5, 0.6) is 17.2 Å². The number of carbonyl (C=O) groups is 1. The number of para-hydroxylation sites is 2. The minimum Gasteiger partial charge on any atom is -0.493 e. The van der Waals surface area contributed by atoms with E-state index in [2.05, 4.69) is 43.3 Å². The van der Waals surface area contributed by atoms with Gasteiger partial charge in [-0.05, 0) is 108 Å². The number of nitrogens with zero attached hydrogens (tertiary/aromatic N) is 4. The van der Waals surface area contributed by atoms with Gasteiger partial charge in [0.25, 0.3) is 0 Å². The van der Waals surface area contributed by atoms with Gasteiger partial charge in [-0.2, -0.15) is 10.1 Å². The fourth-order valence-corrected chi connectivity index (χ4v) is 10.4. The molecule has 3 heterocycles. The highest BCUT2D eigenvalue weighted by Gasteiger charge is 2.36. The van der Waals surface area contributed by atoms with Crippen LogP contribution in [-0.2, 0) is 16.1 Å². The number of ether oxygens (including phenoxy) is 5. The normalized spacial score (nSPS) is 13.2. The van der Waals surface area contributed by atoms with Crippen LogP contribution >= 0.6 is 34.3 Å². The number of hydrogen-bond acceptors (Lipinski definition) is 12. The zero-order valence-electron chi connectivity index (χ0n) is 38.7. The van der Waals surface area contributed by atoms with Gasteiger partial charge in [0, 0.05) is 23.7 Å². The van der Waals surface area contributed by atoms with Gasteiger partial charge in [0.1, 0.15) is 23.9 Å². The van der Waals surface area contributed by atoms with Gasteiger partial charge in [0.05, 0.1) is 63.7 Å². The second-order valence-electron chi connectivity index (χ2n) is 17.4. The van der Waals surface area contributed by atoms with Gasteiger partial charge in [0.15, 0.2) is 0 Å². The number of hydrazone groups is 1. The molecule has 10 nitrogen and oxygen atoms in total. The number of fused-ring (bicyclic) bond motifs is 3. The summed E-state index contributed by atoms with van der Waals surface area (Å²) in [6, 6.07) is 48.9. The van der Waals surface area contributed by atoms with Crippen LogP contribution in [0, 0.1) is 5.41 Å². The quantitative estimate of drug-likeness (QED) is 0.0229. The van der Waals surface area contributed by atoms with E-state index < -0.39 is 5.97 Å². The van der Waals surface area contributed by atoms with Crippen LogP contribution in [0.25, 0.3) is 42.3 Å². The largest absolute Gasteiger partial charge is 0.493 e. The molecule has 0 amide bonds. The molecule has 0 N–H and O–H groups in total. The number of rotatable bonds is 21. The summed E-state index contributed by atoms with van der Waals surface area (Å²) >= 11 is 9.76. The first-order valence-corrected chi connectivity index (χ1v) is 25.6. The van der Waals surface area contributed by atoms with Gasteiger partial charge < -0.3 is 23.7 Å². The summed E-state index contributed by atoms with van der Waals surface area (Å²) in [5.74, 6) is 0.946. The van der Waals surface area contributed by atoms with Crippen molar-refractivity contribution >= 4 is 87.9 Å². The molecule has 0 bridgehead atoms. The Labute approximate surface area is 420 Å². The fraction of sp³-hybridized carbons (Fsp3) is 0.228. The Morgan fingerprint density at radius 1 is 0.729 bits per heavy atom. The summed E-state index contributed by atoms with van der Waals surface area (Å²) in [7, 11) is 0. The van der Waals surface area contributed by atoms with Gasteiger partial charge in [-0.25, -0.2) is 14.8 Å². The number of benzene rings is 7. The summed E-state index contributed by atoms with van der Waals surface area (Å²) in [6.45, 7) is 6.19. The Morgan fingerprint density at radius 2 is 1.40 bits per heavy atom. The van der Waals surface area contributed by atoms with E-state index in [9.17, 15) is 4.79 Å². The predicted octanol–water partition coefficient (Wildman–Crippen LogP) is 14.7. The molecule has 10 rings (SSSR count). The smallest absolute Gasteiger partial charge is 0.343 e. The van der Waals surface area contributed by atoms with Crippen molar-refractivity contribution in [3.8, 4) is 28.4 Å². The fourth-order valence-electron chi connectivity index (χ4n) is 8.24. The van der Waals surface area contributed by atoms with E-state index in [1.807, 2.05) is 97.2 Å². The second-order valence-corrected chi connectivity index (χ2v) is 19.8. The first kappa shape index (κ1) is 47.0. The Morgan fingerprint density at radius 3 is 2.07 bits per heavy atom. The van der Waals surface area contributed by atoms with Crippen LogP contribution in [0.4, 0.5) is 10.3 Å². The molecule has 0 unspecified atom stereocenters. The lowest BCUT2D eigenvalue weighted by Crippen LogP contribution is -2.45. The van der Waals surface area contributed by atoms with Crippen molar-refractivity contribution in [2.45, 2.75) is 45.6 Å². The maximum absolute atomic E-state index is 13.7. The SMILES string of the molecule is CCC1(COCCCCCCOc2ccc3cc(C(=O)Oc4ccc(OCc5ccc(-c6ccccc6)cc5)c(Cl)c4)ccc3c2/C=N/N(c2nc3ccccc3s2)c2nc3ccccc3s2)COC1. The highest BCUT2D eigenvalue weighted by molar-refractivity contribution is 7.24. The molecule has 0 radical (unpaired) electrons. The molecule has 9 aromatic rings.